The third-order valence-electron chi connectivity index (χ3n) is 11.9. The number of anilines is 1. The van der Waals surface area contributed by atoms with E-state index >= 15 is 0 Å². The lowest BCUT2D eigenvalue weighted by molar-refractivity contribution is -0.137. The Bertz CT molecular complexity index is 2510. The Hall–Kier alpha value is -5.93. The van der Waals surface area contributed by atoms with Crippen LogP contribution in [0, 0.1) is 0 Å². The minimum absolute atomic E-state index is 0.459. The van der Waals surface area contributed by atoms with Crippen molar-refractivity contribution in [3.05, 3.63) is 154 Å². The number of halogens is 3. The molecule has 0 amide bonds. The van der Waals surface area contributed by atoms with Gasteiger partial charge in [0.25, 0.3) is 0 Å². The second-order valence-electron chi connectivity index (χ2n) is 15.0. The molecule has 9 rings (SSSR count). The van der Waals surface area contributed by atoms with E-state index in [0.717, 1.165) is 79.8 Å². The molecule has 290 valence electrons. The maximum atomic E-state index is 13.6. The smallest absolute Gasteiger partial charge is 0.416 e. The van der Waals surface area contributed by atoms with E-state index in [4.69, 9.17) is 23.7 Å². The number of methoxy groups -OCH3 is 3. The molecule has 6 nitrogen and oxygen atoms in total. The number of rotatable bonds is 8. The number of nitrogens with zero attached hydrogens (tertiary/aromatic N) is 1. The van der Waals surface area contributed by atoms with Gasteiger partial charge >= 0.3 is 6.18 Å². The summed E-state index contributed by atoms with van der Waals surface area (Å²) in [6.07, 6.45) is 0.343. The standard InChI is InChI=1S/C48H42F3NO5/c1-46(29-30-9-11-33(12-10-30)48(49,50)51)40-8-6-5-7-36(40)43-38-27-41(54-3)42(55-4)28-39(38)45-37(44(43)46)21-22-47(57-45,32-15-19-35(53-2)20-16-32)31-13-17-34(18-14-31)52-23-25-56-26-24-52/h5-22,27-28H,23-26,29H2,1-4H3. The third-order valence-corrected chi connectivity index (χ3v) is 11.9. The maximum Gasteiger partial charge on any atom is 0.416 e. The van der Waals surface area contributed by atoms with Gasteiger partial charge in [-0.05, 0) is 94.2 Å². The average molecular weight is 770 g/mol. The first-order valence-corrected chi connectivity index (χ1v) is 19.1. The number of hydrogen-bond acceptors (Lipinski definition) is 6. The summed E-state index contributed by atoms with van der Waals surface area (Å²) in [6, 6.07) is 34.3. The molecule has 1 aliphatic carbocycles. The molecule has 0 aromatic heterocycles. The Morgan fingerprint density at radius 2 is 1.37 bits per heavy atom. The van der Waals surface area contributed by atoms with Gasteiger partial charge in [-0.25, -0.2) is 0 Å². The van der Waals surface area contributed by atoms with Gasteiger partial charge in [-0.2, -0.15) is 13.2 Å². The summed E-state index contributed by atoms with van der Waals surface area (Å²) in [6.45, 7) is 5.21. The predicted molar refractivity (Wildman–Crippen MR) is 217 cm³/mol. The number of ether oxygens (including phenoxy) is 5. The Balaban J connectivity index is 1.29. The second kappa shape index (κ2) is 13.9. The van der Waals surface area contributed by atoms with Crippen LogP contribution in [0.5, 0.6) is 23.0 Å². The molecule has 2 atom stereocenters. The second-order valence-corrected chi connectivity index (χ2v) is 15.0. The number of morpholine rings is 1. The Labute approximate surface area is 330 Å². The number of benzene rings is 6. The molecule has 2 unspecified atom stereocenters. The van der Waals surface area contributed by atoms with Crippen LogP contribution in [0.3, 0.4) is 0 Å². The predicted octanol–water partition coefficient (Wildman–Crippen LogP) is 10.6. The summed E-state index contributed by atoms with van der Waals surface area (Å²) in [5.41, 5.74) is 6.52. The maximum absolute atomic E-state index is 13.6. The first kappa shape index (κ1) is 36.7. The van der Waals surface area contributed by atoms with E-state index in [2.05, 4.69) is 60.4 Å². The van der Waals surface area contributed by atoms with Gasteiger partial charge in [-0.15, -0.1) is 0 Å². The SMILES string of the molecule is COc1ccc(C2(c3ccc(N4CCOCC4)cc3)C=Cc3c4c(c5cc(OC)c(OC)cc5c3O2)-c2ccccc2C4(C)Cc2ccc(C(F)(F)F)cc2)cc1. The van der Waals surface area contributed by atoms with Crippen LogP contribution in [0.15, 0.2) is 115 Å². The van der Waals surface area contributed by atoms with E-state index in [1.165, 1.54) is 12.1 Å². The van der Waals surface area contributed by atoms with Crippen molar-refractivity contribution in [3.63, 3.8) is 0 Å². The third kappa shape index (κ3) is 5.98. The van der Waals surface area contributed by atoms with Gasteiger partial charge in [0.1, 0.15) is 11.5 Å². The van der Waals surface area contributed by atoms with Gasteiger partial charge < -0.3 is 28.6 Å². The molecule has 1 fully saturated rings. The molecule has 1 saturated heterocycles. The summed E-state index contributed by atoms with van der Waals surface area (Å²) in [4.78, 5) is 2.33. The Morgan fingerprint density at radius 3 is 2.00 bits per heavy atom. The van der Waals surface area contributed by atoms with E-state index in [9.17, 15) is 13.2 Å². The summed E-state index contributed by atoms with van der Waals surface area (Å²) < 4.78 is 71.5. The fourth-order valence-electron chi connectivity index (χ4n) is 9.10. The van der Waals surface area contributed by atoms with E-state index < -0.39 is 22.8 Å². The molecular formula is C48H42F3NO5. The molecule has 57 heavy (non-hydrogen) atoms. The molecule has 6 aromatic carbocycles. The van der Waals surface area contributed by atoms with Crippen molar-refractivity contribution in [2.45, 2.75) is 30.5 Å². The van der Waals surface area contributed by atoms with Crippen molar-refractivity contribution in [3.8, 4) is 34.1 Å². The van der Waals surface area contributed by atoms with Crippen molar-refractivity contribution >= 4 is 22.5 Å². The lowest BCUT2D eigenvalue weighted by Gasteiger charge is -2.39. The molecule has 2 heterocycles. The zero-order valence-corrected chi connectivity index (χ0v) is 32.2. The van der Waals surface area contributed by atoms with Gasteiger partial charge in [0.15, 0.2) is 17.1 Å². The van der Waals surface area contributed by atoms with Crippen molar-refractivity contribution in [1.82, 2.24) is 0 Å². The lowest BCUT2D eigenvalue weighted by Crippen LogP contribution is -2.37. The molecule has 0 saturated carbocycles. The van der Waals surface area contributed by atoms with E-state index in [-0.39, 0.29) is 0 Å². The summed E-state index contributed by atoms with van der Waals surface area (Å²) in [7, 11) is 4.90. The average Bonchev–Trinajstić information content (AvgIpc) is 3.51. The van der Waals surface area contributed by atoms with Crippen molar-refractivity contribution in [2.24, 2.45) is 0 Å². The van der Waals surface area contributed by atoms with Crippen LogP contribution in [-0.2, 0) is 28.4 Å². The molecule has 0 bridgehead atoms. The summed E-state index contributed by atoms with van der Waals surface area (Å²) in [5, 5.41) is 1.77. The van der Waals surface area contributed by atoms with E-state index in [0.29, 0.717) is 36.9 Å². The monoisotopic (exact) mass is 769 g/mol. The van der Waals surface area contributed by atoms with Gasteiger partial charge in [0.2, 0.25) is 0 Å². The van der Waals surface area contributed by atoms with Crippen molar-refractivity contribution in [1.29, 1.82) is 0 Å². The van der Waals surface area contributed by atoms with Gasteiger partial charge in [0, 0.05) is 46.3 Å². The van der Waals surface area contributed by atoms with Crippen LogP contribution in [0.4, 0.5) is 18.9 Å². The highest BCUT2D eigenvalue weighted by Gasteiger charge is 2.46. The normalized spacial score (nSPS) is 19.7. The highest BCUT2D eigenvalue weighted by atomic mass is 19.4. The minimum atomic E-state index is -4.42. The number of alkyl halides is 3. The molecule has 3 aliphatic rings. The lowest BCUT2D eigenvalue weighted by atomic mass is 9.72. The first-order chi connectivity index (χ1) is 27.6. The van der Waals surface area contributed by atoms with Gasteiger partial charge in [-0.3, -0.25) is 0 Å². The van der Waals surface area contributed by atoms with Crippen molar-refractivity contribution < 1.29 is 36.9 Å². The van der Waals surface area contributed by atoms with Gasteiger partial charge in [-0.1, -0.05) is 73.7 Å². The summed E-state index contributed by atoms with van der Waals surface area (Å²) in [5.74, 6) is 2.54. The molecule has 0 spiro atoms. The van der Waals surface area contributed by atoms with Crippen LogP contribution < -0.4 is 23.8 Å². The van der Waals surface area contributed by atoms with Crippen LogP contribution in [0.1, 0.15) is 45.9 Å². The van der Waals surface area contributed by atoms with Gasteiger partial charge in [0.05, 0.1) is 40.1 Å². The fourth-order valence-corrected chi connectivity index (χ4v) is 9.10. The zero-order valence-electron chi connectivity index (χ0n) is 32.2. The quantitative estimate of drug-likeness (QED) is 0.154. The fraction of sp³-hybridized carbons (Fsp3) is 0.250. The highest BCUT2D eigenvalue weighted by molar-refractivity contribution is 6.09. The molecule has 0 radical (unpaired) electrons. The zero-order chi connectivity index (χ0) is 39.5. The highest BCUT2D eigenvalue weighted by Crippen LogP contribution is 2.60. The van der Waals surface area contributed by atoms with E-state index in [1.54, 1.807) is 33.5 Å². The molecule has 9 heteroatoms. The largest absolute Gasteiger partial charge is 0.497 e. The summed E-state index contributed by atoms with van der Waals surface area (Å²) >= 11 is 0. The first-order valence-electron chi connectivity index (χ1n) is 19.1. The van der Waals surface area contributed by atoms with Crippen LogP contribution in [0.2, 0.25) is 0 Å². The van der Waals surface area contributed by atoms with Crippen molar-refractivity contribution in [2.75, 3.05) is 52.5 Å². The Morgan fingerprint density at radius 1 is 0.737 bits per heavy atom. The topological polar surface area (TPSA) is 49.4 Å². The van der Waals surface area contributed by atoms with Crippen LogP contribution >= 0.6 is 0 Å². The van der Waals surface area contributed by atoms with Crippen LogP contribution in [-0.4, -0.2) is 47.6 Å². The minimum Gasteiger partial charge on any atom is -0.497 e. The molecular weight excluding hydrogens is 728 g/mol. The number of fused-ring (bicyclic) bond motifs is 8. The Kier molecular flexibility index (Phi) is 8.96. The molecule has 0 N–H and O–H groups in total. The molecule has 2 aliphatic heterocycles. The van der Waals surface area contributed by atoms with Crippen LogP contribution in [0.25, 0.3) is 28.0 Å². The molecule has 6 aromatic rings. The number of hydrogen-bond donors (Lipinski definition) is 0. The van der Waals surface area contributed by atoms with E-state index in [1.807, 2.05) is 48.5 Å².